The fraction of sp³-hybridized carbons (Fsp3) is 0.455. The number of hydrogen-bond acceptors (Lipinski definition) is 5. The van der Waals surface area contributed by atoms with Crippen LogP contribution in [0.5, 0.6) is 0 Å². The molecule has 1 aliphatic rings. The van der Waals surface area contributed by atoms with Crippen molar-refractivity contribution in [1.82, 2.24) is 4.98 Å². The van der Waals surface area contributed by atoms with Crippen LogP contribution in [0.3, 0.4) is 0 Å². The SMILES string of the molecule is O=C(O)c1cc(NCCC2CC2)ncc1[N+](=O)[O-]. The molecule has 7 nitrogen and oxygen atoms in total. The van der Waals surface area contributed by atoms with E-state index in [1.165, 1.54) is 18.9 Å². The number of pyridine rings is 1. The molecule has 1 aromatic heterocycles. The summed E-state index contributed by atoms with van der Waals surface area (Å²) in [5, 5.41) is 22.5. The van der Waals surface area contributed by atoms with Crippen molar-refractivity contribution in [3.05, 3.63) is 27.9 Å². The summed E-state index contributed by atoms with van der Waals surface area (Å²) in [5.74, 6) is -0.206. The molecule has 0 aliphatic heterocycles. The average molecular weight is 251 g/mol. The number of carbonyl (C=O) groups is 1. The average Bonchev–Trinajstić information content (AvgIpc) is 3.12. The van der Waals surface area contributed by atoms with E-state index in [0.29, 0.717) is 12.4 Å². The van der Waals surface area contributed by atoms with E-state index in [-0.39, 0.29) is 5.56 Å². The van der Waals surface area contributed by atoms with Crippen molar-refractivity contribution < 1.29 is 14.8 Å². The van der Waals surface area contributed by atoms with Gasteiger partial charge >= 0.3 is 11.7 Å². The second kappa shape index (κ2) is 4.99. The van der Waals surface area contributed by atoms with E-state index in [1.807, 2.05) is 0 Å². The highest BCUT2D eigenvalue weighted by molar-refractivity contribution is 5.93. The van der Waals surface area contributed by atoms with Crippen LogP contribution in [-0.4, -0.2) is 27.5 Å². The first-order valence-electron chi connectivity index (χ1n) is 5.69. The largest absolute Gasteiger partial charge is 0.477 e. The molecule has 2 rings (SSSR count). The van der Waals surface area contributed by atoms with Gasteiger partial charge in [-0.3, -0.25) is 10.1 Å². The van der Waals surface area contributed by atoms with Gasteiger partial charge in [-0.1, -0.05) is 12.8 Å². The maximum absolute atomic E-state index is 10.9. The molecular formula is C11H13N3O4. The Kier molecular flexibility index (Phi) is 3.40. The van der Waals surface area contributed by atoms with Crippen LogP contribution < -0.4 is 5.32 Å². The van der Waals surface area contributed by atoms with Crippen LogP contribution in [0.1, 0.15) is 29.6 Å². The molecule has 0 unspecified atom stereocenters. The zero-order valence-corrected chi connectivity index (χ0v) is 9.63. The predicted molar refractivity (Wildman–Crippen MR) is 63.7 cm³/mol. The first kappa shape index (κ1) is 12.3. The second-order valence-electron chi connectivity index (χ2n) is 4.31. The summed E-state index contributed by atoms with van der Waals surface area (Å²) in [4.78, 5) is 24.6. The van der Waals surface area contributed by atoms with E-state index in [1.54, 1.807) is 0 Å². The van der Waals surface area contributed by atoms with Crippen molar-refractivity contribution in [2.75, 3.05) is 11.9 Å². The fourth-order valence-electron chi connectivity index (χ4n) is 1.67. The lowest BCUT2D eigenvalue weighted by molar-refractivity contribution is -0.385. The summed E-state index contributed by atoms with van der Waals surface area (Å²) in [6, 6.07) is 1.20. The summed E-state index contributed by atoms with van der Waals surface area (Å²) >= 11 is 0. The smallest absolute Gasteiger partial charge is 0.342 e. The van der Waals surface area contributed by atoms with Crippen molar-refractivity contribution in [2.24, 2.45) is 5.92 Å². The van der Waals surface area contributed by atoms with Crippen LogP contribution in [0.15, 0.2) is 12.3 Å². The van der Waals surface area contributed by atoms with Gasteiger partial charge in [0, 0.05) is 12.6 Å². The highest BCUT2D eigenvalue weighted by Gasteiger charge is 2.22. The Labute approximate surface area is 103 Å². The van der Waals surface area contributed by atoms with Gasteiger partial charge in [0.2, 0.25) is 0 Å². The van der Waals surface area contributed by atoms with Gasteiger partial charge in [0.1, 0.15) is 17.6 Å². The molecule has 0 atom stereocenters. The number of rotatable bonds is 6. The Morgan fingerprint density at radius 1 is 1.61 bits per heavy atom. The van der Waals surface area contributed by atoms with Crippen LogP contribution in [0.4, 0.5) is 11.5 Å². The number of aromatic nitrogens is 1. The maximum atomic E-state index is 10.9. The normalized spacial score (nSPS) is 14.2. The van der Waals surface area contributed by atoms with Crippen LogP contribution in [-0.2, 0) is 0 Å². The van der Waals surface area contributed by atoms with Gasteiger partial charge < -0.3 is 10.4 Å². The number of nitrogens with zero attached hydrogens (tertiary/aromatic N) is 2. The van der Waals surface area contributed by atoms with E-state index in [2.05, 4.69) is 10.3 Å². The van der Waals surface area contributed by atoms with Crippen LogP contribution in [0.25, 0.3) is 0 Å². The van der Waals surface area contributed by atoms with Gasteiger partial charge in [-0.05, 0) is 12.3 Å². The summed E-state index contributed by atoms with van der Waals surface area (Å²) in [6.07, 6.45) is 4.48. The van der Waals surface area contributed by atoms with Crippen molar-refractivity contribution in [2.45, 2.75) is 19.3 Å². The molecule has 0 aromatic carbocycles. The fourth-order valence-corrected chi connectivity index (χ4v) is 1.67. The monoisotopic (exact) mass is 251 g/mol. The zero-order valence-electron chi connectivity index (χ0n) is 9.63. The molecule has 1 aromatic rings. The summed E-state index contributed by atoms with van der Waals surface area (Å²) in [5.41, 5.74) is -0.834. The molecule has 0 saturated heterocycles. The number of nitrogens with one attached hydrogen (secondary N) is 1. The van der Waals surface area contributed by atoms with E-state index in [4.69, 9.17) is 5.11 Å². The van der Waals surface area contributed by atoms with Crippen molar-refractivity contribution in [3.8, 4) is 0 Å². The third-order valence-corrected chi connectivity index (χ3v) is 2.87. The van der Waals surface area contributed by atoms with E-state index in [9.17, 15) is 14.9 Å². The number of nitro groups is 1. The lowest BCUT2D eigenvalue weighted by Crippen LogP contribution is -2.08. The van der Waals surface area contributed by atoms with Gasteiger partial charge in [-0.15, -0.1) is 0 Å². The van der Waals surface area contributed by atoms with Gasteiger partial charge in [0.05, 0.1) is 4.92 Å². The van der Waals surface area contributed by atoms with Crippen molar-refractivity contribution in [1.29, 1.82) is 0 Å². The minimum atomic E-state index is -1.32. The molecule has 0 bridgehead atoms. The molecular weight excluding hydrogens is 238 g/mol. The Balaban J connectivity index is 2.08. The van der Waals surface area contributed by atoms with E-state index in [0.717, 1.165) is 18.5 Å². The van der Waals surface area contributed by atoms with Crippen molar-refractivity contribution >= 4 is 17.5 Å². The number of hydrogen-bond donors (Lipinski definition) is 2. The van der Waals surface area contributed by atoms with Crippen LogP contribution in [0, 0.1) is 16.0 Å². The first-order chi connectivity index (χ1) is 8.58. The molecule has 7 heteroatoms. The molecule has 1 saturated carbocycles. The summed E-state index contributed by atoms with van der Waals surface area (Å²) in [6.45, 7) is 0.703. The Hall–Kier alpha value is -2.18. The Morgan fingerprint density at radius 2 is 2.33 bits per heavy atom. The molecule has 0 radical (unpaired) electrons. The molecule has 18 heavy (non-hydrogen) atoms. The highest BCUT2D eigenvalue weighted by atomic mass is 16.6. The van der Waals surface area contributed by atoms with Gasteiger partial charge in [-0.2, -0.15) is 0 Å². The molecule has 1 heterocycles. The van der Waals surface area contributed by atoms with E-state index < -0.39 is 16.6 Å². The number of aromatic carboxylic acids is 1. The molecule has 1 aliphatic carbocycles. The standard InChI is InChI=1S/C11H13N3O4/c15-11(16)8-5-10(12-4-3-7-1-2-7)13-6-9(8)14(17)18/h5-7H,1-4H2,(H,12,13)(H,15,16). The van der Waals surface area contributed by atoms with Crippen molar-refractivity contribution in [3.63, 3.8) is 0 Å². The third-order valence-electron chi connectivity index (χ3n) is 2.87. The predicted octanol–water partition coefficient (Wildman–Crippen LogP) is 1.90. The first-order valence-corrected chi connectivity index (χ1v) is 5.69. The maximum Gasteiger partial charge on any atom is 0.342 e. The Bertz CT molecular complexity index is 485. The number of anilines is 1. The minimum absolute atomic E-state index is 0.344. The number of carboxylic acid groups (broad SMARTS) is 1. The summed E-state index contributed by atoms with van der Waals surface area (Å²) in [7, 11) is 0. The highest BCUT2D eigenvalue weighted by Crippen LogP contribution is 2.32. The van der Waals surface area contributed by atoms with E-state index >= 15 is 0 Å². The zero-order chi connectivity index (χ0) is 13.1. The summed E-state index contributed by atoms with van der Waals surface area (Å²) < 4.78 is 0. The van der Waals surface area contributed by atoms with Crippen LogP contribution >= 0.6 is 0 Å². The molecule has 0 spiro atoms. The Morgan fingerprint density at radius 3 is 2.89 bits per heavy atom. The molecule has 96 valence electrons. The lowest BCUT2D eigenvalue weighted by atomic mass is 10.2. The molecule has 2 N–H and O–H groups in total. The lowest BCUT2D eigenvalue weighted by Gasteiger charge is -2.05. The number of carboxylic acids is 1. The van der Waals surface area contributed by atoms with Gasteiger partial charge in [-0.25, -0.2) is 9.78 Å². The second-order valence-corrected chi connectivity index (χ2v) is 4.31. The quantitative estimate of drug-likeness (QED) is 0.590. The topological polar surface area (TPSA) is 105 Å². The van der Waals surface area contributed by atoms with Gasteiger partial charge in [0.25, 0.3) is 0 Å². The van der Waals surface area contributed by atoms with Gasteiger partial charge in [0.15, 0.2) is 0 Å². The van der Waals surface area contributed by atoms with Crippen LogP contribution in [0.2, 0.25) is 0 Å². The third kappa shape index (κ3) is 2.93. The molecule has 0 amide bonds. The molecule has 1 fully saturated rings. The minimum Gasteiger partial charge on any atom is -0.477 e.